The van der Waals surface area contributed by atoms with Crippen molar-refractivity contribution in [3.8, 4) is 0 Å². The number of carbonyl (C=O) groups excluding carboxylic acids is 1. The van der Waals surface area contributed by atoms with Gasteiger partial charge in [-0.2, -0.15) is 0 Å². The van der Waals surface area contributed by atoms with Gasteiger partial charge in [0.1, 0.15) is 0 Å². The predicted octanol–water partition coefficient (Wildman–Crippen LogP) is 1.82. The van der Waals surface area contributed by atoms with E-state index in [0.29, 0.717) is 5.92 Å². The van der Waals surface area contributed by atoms with Crippen LogP contribution in [0.5, 0.6) is 0 Å². The maximum Gasteiger partial charge on any atom is 0.251 e. The molecule has 0 radical (unpaired) electrons. The van der Waals surface area contributed by atoms with E-state index in [1.165, 1.54) is 18.4 Å². The van der Waals surface area contributed by atoms with Gasteiger partial charge in [-0.1, -0.05) is 12.1 Å². The minimum Gasteiger partial charge on any atom is -0.355 e. The van der Waals surface area contributed by atoms with Gasteiger partial charge >= 0.3 is 0 Å². The molecule has 92 valence electrons. The van der Waals surface area contributed by atoms with Crippen molar-refractivity contribution in [2.75, 3.05) is 20.1 Å². The molecule has 1 aliphatic rings. The topological polar surface area (TPSA) is 41.1 Å². The van der Waals surface area contributed by atoms with Crippen LogP contribution in [0.4, 0.5) is 0 Å². The number of carbonyl (C=O) groups is 1. The highest BCUT2D eigenvalue weighted by molar-refractivity contribution is 5.95. The molecule has 0 spiro atoms. The molecule has 0 saturated carbocycles. The third-order valence-electron chi connectivity index (χ3n) is 3.53. The minimum atomic E-state index is -0.000592. The minimum absolute atomic E-state index is 0.000592. The van der Waals surface area contributed by atoms with Crippen LogP contribution in [0.25, 0.3) is 0 Å². The van der Waals surface area contributed by atoms with E-state index in [2.05, 4.69) is 22.8 Å². The molecule has 17 heavy (non-hydrogen) atoms. The SMILES string of the molecule is CNC(=O)c1ccc(C2CCNCC2)cc1C. The zero-order chi connectivity index (χ0) is 12.3. The first kappa shape index (κ1) is 12.1. The highest BCUT2D eigenvalue weighted by Crippen LogP contribution is 2.26. The number of aryl methyl sites for hydroxylation is 1. The number of hydrogen-bond acceptors (Lipinski definition) is 2. The number of piperidine rings is 1. The Morgan fingerprint density at radius 3 is 2.65 bits per heavy atom. The molecule has 1 heterocycles. The van der Waals surface area contributed by atoms with Gasteiger partial charge in [0.2, 0.25) is 0 Å². The first-order valence-electron chi connectivity index (χ1n) is 6.25. The molecule has 1 amide bonds. The molecule has 1 aliphatic heterocycles. The molecule has 2 rings (SSSR count). The summed E-state index contributed by atoms with van der Waals surface area (Å²) in [4.78, 5) is 11.6. The van der Waals surface area contributed by atoms with Crippen LogP contribution in [0.1, 0.15) is 40.2 Å². The Hall–Kier alpha value is -1.35. The van der Waals surface area contributed by atoms with Crippen molar-refractivity contribution >= 4 is 5.91 Å². The van der Waals surface area contributed by atoms with Crippen LogP contribution in [0.3, 0.4) is 0 Å². The Morgan fingerprint density at radius 2 is 2.06 bits per heavy atom. The molecule has 0 unspecified atom stereocenters. The van der Waals surface area contributed by atoms with E-state index in [4.69, 9.17) is 0 Å². The maximum absolute atomic E-state index is 11.6. The van der Waals surface area contributed by atoms with Crippen molar-refractivity contribution in [2.24, 2.45) is 0 Å². The van der Waals surface area contributed by atoms with Gasteiger partial charge < -0.3 is 10.6 Å². The molecule has 1 fully saturated rings. The van der Waals surface area contributed by atoms with Gasteiger partial charge in [-0.05, 0) is 56.0 Å². The first-order valence-corrected chi connectivity index (χ1v) is 6.25. The van der Waals surface area contributed by atoms with E-state index in [1.54, 1.807) is 7.05 Å². The number of amides is 1. The fraction of sp³-hybridized carbons (Fsp3) is 0.500. The molecule has 0 aromatic heterocycles. The van der Waals surface area contributed by atoms with Crippen LogP contribution < -0.4 is 10.6 Å². The van der Waals surface area contributed by atoms with E-state index in [1.807, 2.05) is 13.0 Å². The average Bonchev–Trinajstić information content (AvgIpc) is 2.39. The van der Waals surface area contributed by atoms with Crippen LogP contribution in [0.15, 0.2) is 18.2 Å². The summed E-state index contributed by atoms with van der Waals surface area (Å²) in [5.41, 5.74) is 3.22. The fourth-order valence-corrected chi connectivity index (χ4v) is 2.49. The lowest BCUT2D eigenvalue weighted by Gasteiger charge is -2.23. The average molecular weight is 232 g/mol. The standard InChI is InChI=1S/C14H20N2O/c1-10-9-12(11-5-7-16-8-6-11)3-4-13(10)14(17)15-2/h3-4,9,11,16H,5-8H2,1-2H3,(H,15,17). The summed E-state index contributed by atoms with van der Waals surface area (Å²) in [6.07, 6.45) is 2.39. The highest BCUT2D eigenvalue weighted by Gasteiger charge is 2.16. The van der Waals surface area contributed by atoms with Gasteiger partial charge in [0.25, 0.3) is 5.91 Å². The van der Waals surface area contributed by atoms with Gasteiger partial charge in [0, 0.05) is 12.6 Å². The molecule has 3 heteroatoms. The quantitative estimate of drug-likeness (QED) is 0.816. The number of rotatable bonds is 2. The largest absolute Gasteiger partial charge is 0.355 e. The number of nitrogens with one attached hydrogen (secondary N) is 2. The highest BCUT2D eigenvalue weighted by atomic mass is 16.1. The first-order chi connectivity index (χ1) is 8.22. The molecule has 1 aromatic rings. The summed E-state index contributed by atoms with van der Waals surface area (Å²) in [5, 5.41) is 6.05. The molecular weight excluding hydrogens is 212 g/mol. The lowest BCUT2D eigenvalue weighted by molar-refractivity contribution is 0.0962. The lowest BCUT2D eigenvalue weighted by Crippen LogP contribution is -2.26. The van der Waals surface area contributed by atoms with Crippen LogP contribution in [0, 0.1) is 6.92 Å². The second-order valence-corrected chi connectivity index (χ2v) is 4.68. The van der Waals surface area contributed by atoms with E-state index >= 15 is 0 Å². The van der Waals surface area contributed by atoms with Gasteiger partial charge in [0.15, 0.2) is 0 Å². The Balaban J connectivity index is 2.20. The van der Waals surface area contributed by atoms with Crippen LogP contribution in [-0.2, 0) is 0 Å². The summed E-state index contributed by atoms with van der Waals surface area (Å²) in [6.45, 7) is 4.21. The monoisotopic (exact) mass is 232 g/mol. The van der Waals surface area contributed by atoms with Gasteiger partial charge in [-0.3, -0.25) is 4.79 Å². The van der Waals surface area contributed by atoms with E-state index in [-0.39, 0.29) is 5.91 Å². The summed E-state index contributed by atoms with van der Waals surface area (Å²) < 4.78 is 0. The molecule has 1 aromatic carbocycles. The maximum atomic E-state index is 11.6. The van der Waals surface area contributed by atoms with Crippen molar-refractivity contribution in [1.82, 2.24) is 10.6 Å². The zero-order valence-electron chi connectivity index (χ0n) is 10.5. The van der Waals surface area contributed by atoms with Crippen molar-refractivity contribution in [2.45, 2.75) is 25.7 Å². The van der Waals surface area contributed by atoms with Crippen LogP contribution >= 0.6 is 0 Å². The Labute approximate surface area is 103 Å². The predicted molar refractivity (Wildman–Crippen MR) is 69.4 cm³/mol. The van der Waals surface area contributed by atoms with E-state index in [9.17, 15) is 4.79 Å². The fourth-order valence-electron chi connectivity index (χ4n) is 2.49. The molecule has 0 bridgehead atoms. The van der Waals surface area contributed by atoms with Gasteiger partial charge in [-0.15, -0.1) is 0 Å². The lowest BCUT2D eigenvalue weighted by atomic mass is 9.88. The van der Waals surface area contributed by atoms with Crippen molar-refractivity contribution < 1.29 is 4.79 Å². The van der Waals surface area contributed by atoms with E-state index < -0.39 is 0 Å². The summed E-state index contributed by atoms with van der Waals surface area (Å²) in [5.74, 6) is 0.646. The summed E-state index contributed by atoms with van der Waals surface area (Å²) >= 11 is 0. The summed E-state index contributed by atoms with van der Waals surface area (Å²) in [7, 11) is 1.67. The van der Waals surface area contributed by atoms with Gasteiger partial charge in [-0.25, -0.2) is 0 Å². The molecule has 1 saturated heterocycles. The van der Waals surface area contributed by atoms with Crippen LogP contribution in [-0.4, -0.2) is 26.0 Å². The Kier molecular flexibility index (Phi) is 3.79. The molecule has 0 aliphatic carbocycles. The van der Waals surface area contributed by atoms with Crippen molar-refractivity contribution in [1.29, 1.82) is 0 Å². The Morgan fingerprint density at radius 1 is 1.35 bits per heavy atom. The van der Waals surface area contributed by atoms with Gasteiger partial charge in [0.05, 0.1) is 0 Å². The number of hydrogen-bond donors (Lipinski definition) is 2. The zero-order valence-corrected chi connectivity index (χ0v) is 10.5. The molecular formula is C14H20N2O. The molecule has 0 atom stereocenters. The second kappa shape index (κ2) is 5.32. The van der Waals surface area contributed by atoms with E-state index in [0.717, 1.165) is 24.2 Å². The summed E-state index contributed by atoms with van der Waals surface area (Å²) in [6, 6.07) is 6.22. The Bertz CT molecular complexity index is 409. The van der Waals surface area contributed by atoms with Crippen molar-refractivity contribution in [3.63, 3.8) is 0 Å². The second-order valence-electron chi connectivity index (χ2n) is 4.68. The number of benzene rings is 1. The van der Waals surface area contributed by atoms with Crippen LogP contribution in [0.2, 0.25) is 0 Å². The third-order valence-corrected chi connectivity index (χ3v) is 3.53. The van der Waals surface area contributed by atoms with Crippen molar-refractivity contribution in [3.05, 3.63) is 34.9 Å². The molecule has 2 N–H and O–H groups in total. The molecule has 3 nitrogen and oxygen atoms in total. The normalized spacial score (nSPS) is 16.8. The third kappa shape index (κ3) is 2.67. The smallest absolute Gasteiger partial charge is 0.251 e.